The molecule has 0 unspecified atom stereocenters. The Morgan fingerprint density at radius 1 is 1.05 bits per heavy atom. The molecule has 0 spiro atoms. The third kappa shape index (κ3) is 2.20. The Kier molecular flexibility index (Phi) is 2.76. The normalized spacial score (nSPS) is 10.6. The highest BCUT2D eigenvalue weighted by Gasteiger charge is 2.08. The molecule has 0 saturated heterocycles. The number of hydrogen-bond acceptors (Lipinski definition) is 3. The second-order valence-corrected chi connectivity index (χ2v) is 4.38. The number of aromatic nitrogens is 3. The Morgan fingerprint density at radius 3 is 2.63 bits per heavy atom. The molecule has 4 heteroatoms. The minimum absolute atomic E-state index is 0.167. The number of aromatic hydroxyl groups is 1. The van der Waals surface area contributed by atoms with Crippen molar-refractivity contribution in [3.63, 3.8) is 0 Å². The van der Waals surface area contributed by atoms with E-state index in [1.165, 1.54) is 4.80 Å². The van der Waals surface area contributed by atoms with Crippen molar-refractivity contribution in [1.29, 1.82) is 0 Å². The molecule has 0 aliphatic rings. The second-order valence-electron chi connectivity index (χ2n) is 4.38. The van der Waals surface area contributed by atoms with Crippen molar-refractivity contribution in [2.24, 2.45) is 0 Å². The Labute approximate surface area is 111 Å². The van der Waals surface area contributed by atoms with Crippen LogP contribution in [0.5, 0.6) is 5.75 Å². The van der Waals surface area contributed by atoms with Gasteiger partial charge < -0.3 is 5.11 Å². The van der Waals surface area contributed by atoms with Crippen molar-refractivity contribution >= 4 is 0 Å². The van der Waals surface area contributed by atoms with E-state index < -0.39 is 0 Å². The van der Waals surface area contributed by atoms with E-state index in [4.69, 9.17) is 0 Å². The molecule has 4 nitrogen and oxygen atoms in total. The van der Waals surface area contributed by atoms with Gasteiger partial charge >= 0.3 is 0 Å². The third-order valence-electron chi connectivity index (χ3n) is 2.91. The van der Waals surface area contributed by atoms with Crippen molar-refractivity contribution < 1.29 is 5.11 Å². The number of aryl methyl sites for hydroxylation is 1. The topological polar surface area (TPSA) is 50.9 Å². The molecule has 0 amide bonds. The maximum absolute atomic E-state index is 9.87. The fourth-order valence-corrected chi connectivity index (χ4v) is 1.91. The summed E-state index contributed by atoms with van der Waals surface area (Å²) >= 11 is 0. The summed E-state index contributed by atoms with van der Waals surface area (Å²) in [5, 5.41) is 18.5. The van der Waals surface area contributed by atoms with E-state index in [0.29, 0.717) is 5.69 Å². The van der Waals surface area contributed by atoms with Crippen molar-refractivity contribution in [3.05, 3.63) is 60.3 Å². The molecular weight excluding hydrogens is 238 g/mol. The van der Waals surface area contributed by atoms with E-state index in [2.05, 4.69) is 10.2 Å². The van der Waals surface area contributed by atoms with E-state index in [1.807, 2.05) is 49.4 Å². The quantitative estimate of drug-likeness (QED) is 0.761. The molecule has 1 N–H and O–H groups in total. The Balaban J connectivity index is 2.04. The van der Waals surface area contributed by atoms with E-state index in [-0.39, 0.29) is 5.75 Å². The molecule has 0 aliphatic carbocycles. The number of rotatable bonds is 2. The summed E-state index contributed by atoms with van der Waals surface area (Å²) in [6.45, 7) is 1.96. The van der Waals surface area contributed by atoms with Gasteiger partial charge in [-0.25, -0.2) is 0 Å². The zero-order valence-corrected chi connectivity index (χ0v) is 10.5. The molecule has 0 radical (unpaired) electrons. The van der Waals surface area contributed by atoms with Crippen molar-refractivity contribution in [2.45, 2.75) is 6.92 Å². The number of phenols is 1. The van der Waals surface area contributed by atoms with Gasteiger partial charge in [0.1, 0.15) is 17.1 Å². The fraction of sp³-hybridized carbons (Fsp3) is 0.0667. The average molecular weight is 251 g/mol. The number of nitrogens with zero attached hydrogens (tertiary/aromatic N) is 3. The van der Waals surface area contributed by atoms with Crippen LogP contribution >= 0.6 is 0 Å². The minimum atomic E-state index is 0.167. The Morgan fingerprint density at radius 2 is 1.84 bits per heavy atom. The summed E-state index contributed by atoms with van der Waals surface area (Å²) in [7, 11) is 0. The van der Waals surface area contributed by atoms with E-state index in [1.54, 1.807) is 12.3 Å². The molecule has 1 heterocycles. The van der Waals surface area contributed by atoms with Crippen LogP contribution < -0.4 is 0 Å². The molecule has 0 bridgehead atoms. The van der Waals surface area contributed by atoms with Crippen molar-refractivity contribution in [3.8, 4) is 22.7 Å². The van der Waals surface area contributed by atoms with Gasteiger partial charge in [-0.3, -0.25) is 0 Å². The van der Waals surface area contributed by atoms with Crippen LogP contribution in [0.4, 0.5) is 0 Å². The van der Waals surface area contributed by atoms with Crippen LogP contribution in [0, 0.1) is 6.92 Å². The summed E-state index contributed by atoms with van der Waals surface area (Å²) in [6, 6.07) is 15.2. The van der Waals surface area contributed by atoms with Crippen molar-refractivity contribution in [2.75, 3.05) is 0 Å². The van der Waals surface area contributed by atoms with Gasteiger partial charge in [0.05, 0.1) is 6.20 Å². The average Bonchev–Trinajstić information content (AvgIpc) is 2.92. The standard InChI is InChI=1S/C15H13N3O/c1-11-7-8-15(19)14(9-11)18-16-10-13(17-18)12-5-3-2-4-6-12/h2-10,19H,1H3. The lowest BCUT2D eigenvalue weighted by atomic mass is 10.2. The van der Waals surface area contributed by atoms with Crippen LogP contribution in [0.3, 0.4) is 0 Å². The first-order valence-corrected chi connectivity index (χ1v) is 6.02. The van der Waals surface area contributed by atoms with Crippen LogP contribution in [0.1, 0.15) is 5.56 Å². The number of benzene rings is 2. The van der Waals surface area contributed by atoms with Gasteiger partial charge in [0.15, 0.2) is 0 Å². The Hall–Kier alpha value is -2.62. The van der Waals surface area contributed by atoms with Crippen molar-refractivity contribution in [1.82, 2.24) is 15.0 Å². The molecule has 0 fully saturated rings. The molecule has 0 aliphatic heterocycles. The van der Waals surface area contributed by atoms with E-state index >= 15 is 0 Å². The molecule has 19 heavy (non-hydrogen) atoms. The first-order valence-electron chi connectivity index (χ1n) is 6.02. The van der Waals surface area contributed by atoms with Gasteiger partial charge in [-0.05, 0) is 24.6 Å². The predicted octanol–water partition coefficient (Wildman–Crippen LogP) is 2.95. The zero-order valence-electron chi connectivity index (χ0n) is 10.5. The van der Waals surface area contributed by atoms with Crippen LogP contribution in [0.2, 0.25) is 0 Å². The number of phenolic OH excluding ortho intramolecular Hbond substituents is 1. The maximum Gasteiger partial charge on any atom is 0.143 e. The molecule has 0 saturated carbocycles. The fourth-order valence-electron chi connectivity index (χ4n) is 1.91. The summed E-state index contributed by atoms with van der Waals surface area (Å²) in [5.41, 5.74) is 3.41. The highest BCUT2D eigenvalue weighted by Crippen LogP contribution is 2.23. The predicted molar refractivity (Wildman–Crippen MR) is 73.2 cm³/mol. The molecule has 0 atom stereocenters. The monoisotopic (exact) mass is 251 g/mol. The lowest BCUT2D eigenvalue weighted by molar-refractivity contribution is 0.467. The lowest BCUT2D eigenvalue weighted by Crippen LogP contribution is -1.99. The largest absolute Gasteiger partial charge is 0.506 e. The van der Waals surface area contributed by atoms with Gasteiger partial charge in [0, 0.05) is 5.56 Å². The van der Waals surface area contributed by atoms with Crippen LogP contribution in [-0.4, -0.2) is 20.1 Å². The smallest absolute Gasteiger partial charge is 0.143 e. The van der Waals surface area contributed by atoms with Gasteiger partial charge in [0.2, 0.25) is 0 Å². The molecule has 2 aromatic carbocycles. The summed E-state index contributed by atoms with van der Waals surface area (Å²) < 4.78 is 0. The van der Waals surface area contributed by atoms with E-state index in [0.717, 1.165) is 16.8 Å². The van der Waals surface area contributed by atoms with Crippen LogP contribution in [0.25, 0.3) is 16.9 Å². The zero-order chi connectivity index (χ0) is 13.2. The molecular formula is C15H13N3O. The summed E-state index contributed by atoms with van der Waals surface area (Å²) in [5.74, 6) is 0.167. The van der Waals surface area contributed by atoms with E-state index in [9.17, 15) is 5.11 Å². The second kappa shape index (κ2) is 4.57. The highest BCUT2D eigenvalue weighted by molar-refractivity contribution is 5.58. The maximum atomic E-state index is 9.87. The molecule has 3 rings (SSSR count). The van der Waals surface area contributed by atoms with Crippen LogP contribution in [0.15, 0.2) is 54.7 Å². The molecule has 1 aromatic heterocycles. The van der Waals surface area contributed by atoms with Crippen LogP contribution in [-0.2, 0) is 0 Å². The SMILES string of the molecule is Cc1ccc(O)c(-n2ncc(-c3ccccc3)n2)c1. The van der Waals surface area contributed by atoms with Gasteiger partial charge in [-0.2, -0.15) is 5.10 Å². The highest BCUT2D eigenvalue weighted by atomic mass is 16.3. The third-order valence-corrected chi connectivity index (χ3v) is 2.91. The molecule has 3 aromatic rings. The minimum Gasteiger partial charge on any atom is -0.506 e. The summed E-state index contributed by atoms with van der Waals surface area (Å²) in [4.78, 5) is 1.45. The first-order chi connectivity index (χ1) is 9.24. The van der Waals surface area contributed by atoms with Gasteiger partial charge in [0.25, 0.3) is 0 Å². The van der Waals surface area contributed by atoms with Gasteiger partial charge in [-0.15, -0.1) is 9.90 Å². The molecule has 94 valence electrons. The van der Waals surface area contributed by atoms with Gasteiger partial charge in [-0.1, -0.05) is 36.4 Å². The Bertz CT molecular complexity index is 704. The lowest BCUT2D eigenvalue weighted by Gasteiger charge is -2.03. The number of hydrogen-bond donors (Lipinski definition) is 1. The summed E-state index contributed by atoms with van der Waals surface area (Å²) in [6.07, 6.45) is 1.69. The first kappa shape index (κ1) is 11.5.